The lowest BCUT2D eigenvalue weighted by atomic mass is 10.2. The van der Waals surface area contributed by atoms with E-state index in [1.807, 2.05) is 0 Å². The number of aromatic nitrogens is 2. The summed E-state index contributed by atoms with van der Waals surface area (Å²) in [6.07, 6.45) is -4.23. The predicted octanol–water partition coefficient (Wildman–Crippen LogP) is 4.12. The first-order valence-corrected chi connectivity index (χ1v) is 8.85. The minimum absolute atomic E-state index is 0.0137. The third-order valence-corrected chi connectivity index (χ3v) is 4.16. The van der Waals surface area contributed by atoms with Crippen molar-refractivity contribution in [1.29, 1.82) is 0 Å². The van der Waals surface area contributed by atoms with Crippen molar-refractivity contribution in [3.63, 3.8) is 0 Å². The highest BCUT2D eigenvalue weighted by Crippen LogP contribution is 2.31. The Morgan fingerprint density at radius 2 is 1.93 bits per heavy atom. The van der Waals surface area contributed by atoms with E-state index in [1.165, 1.54) is 42.3 Å². The Kier molecular flexibility index (Phi) is 6.34. The van der Waals surface area contributed by atoms with Gasteiger partial charge in [-0.2, -0.15) is 18.2 Å². The Hall–Kier alpha value is -3.43. The molecule has 3 rings (SSSR count). The average molecular weight is 423 g/mol. The third kappa shape index (κ3) is 5.34. The minimum Gasteiger partial charge on any atom is -0.484 e. The molecular weight excluding hydrogens is 406 g/mol. The van der Waals surface area contributed by atoms with Gasteiger partial charge in [0, 0.05) is 20.0 Å². The second-order valence-electron chi connectivity index (χ2n) is 6.38. The number of carbonyl (C=O) groups is 1. The summed E-state index contributed by atoms with van der Waals surface area (Å²) in [4.78, 5) is 17.7. The largest absolute Gasteiger partial charge is 0.484 e. The van der Waals surface area contributed by atoms with Crippen LogP contribution in [0, 0.1) is 5.82 Å². The Morgan fingerprint density at radius 3 is 2.67 bits per heavy atom. The van der Waals surface area contributed by atoms with Gasteiger partial charge >= 0.3 is 6.18 Å². The van der Waals surface area contributed by atoms with Crippen LogP contribution in [0.2, 0.25) is 0 Å². The van der Waals surface area contributed by atoms with Crippen LogP contribution < -0.4 is 4.74 Å². The zero-order valence-corrected chi connectivity index (χ0v) is 15.8. The molecule has 6 nitrogen and oxygen atoms in total. The molecule has 10 heteroatoms. The van der Waals surface area contributed by atoms with Crippen molar-refractivity contribution in [3.8, 4) is 5.75 Å². The molecule has 3 aromatic rings. The molecule has 1 amide bonds. The molecule has 0 unspecified atom stereocenters. The van der Waals surface area contributed by atoms with Gasteiger partial charge in [0.2, 0.25) is 0 Å². The van der Waals surface area contributed by atoms with E-state index in [9.17, 15) is 22.4 Å². The second kappa shape index (κ2) is 8.93. The van der Waals surface area contributed by atoms with Gasteiger partial charge in [0.1, 0.15) is 11.6 Å². The van der Waals surface area contributed by atoms with Crippen LogP contribution in [0.4, 0.5) is 17.6 Å². The summed E-state index contributed by atoms with van der Waals surface area (Å²) in [5.74, 6) is -0.719. The number of carbonyl (C=O) groups excluding carboxylic acids is 1. The molecule has 0 aliphatic heterocycles. The van der Waals surface area contributed by atoms with E-state index in [2.05, 4.69) is 10.1 Å². The van der Waals surface area contributed by atoms with Crippen LogP contribution >= 0.6 is 0 Å². The number of alkyl halides is 3. The fourth-order valence-corrected chi connectivity index (χ4v) is 2.57. The summed E-state index contributed by atoms with van der Waals surface area (Å²) in [5, 5.41) is 3.75. The molecule has 0 fully saturated rings. The van der Waals surface area contributed by atoms with Crippen LogP contribution in [0.15, 0.2) is 53.1 Å². The van der Waals surface area contributed by atoms with Gasteiger partial charge in [-0.1, -0.05) is 23.4 Å². The number of rotatable bonds is 7. The van der Waals surface area contributed by atoms with E-state index in [4.69, 9.17) is 9.26 Å². The number of hydrogen-bond donors (Lipinski definition) is 0. The smallest absolute Gasteiger partial charge is 0.416 e. The lowest BCUT2D eigenvalue weighted by Gasteiger charge is -2.16. The summed E-state index contributed by atoms with van der Waals surface area (Å²) in [5.41, 5.74) is -0.864. The van der Waals surface area contributed by atoms with Gasteiger partial charge < -0.3 is 14.2 Å². The Labute approximate surface area is 169 Å². The first kappa shape index (κ1) is 21.3. The molecule has 2 aromatic carbocycles. The van der Waals surface area contributed by atoms with Crippen LogP contribution in [0.5, 0.6) is 5.75 Å². The van der Waals surface area contributed by atoms with Gasteiger partial charge in [-0.15, -0.1) is 0 Å². The topological polar surface area (TPSA) is 68.5 Å². The van der Waals surface area contributed by atoms with Gasteiger partial charge in [0.15, 0.2) is 12.4 Å². The van der Waals surface area contributed by atoms with Gasteiger partial charge in [0.25, 0.3) is 11.8 Å². The molecule has 158 valence electrons. The van der Waals surface area contributed by atoms with Crippen molar-refractivity contribution in [2.45, 2.75) is 19.2 Å². The van der Waals surface area contributed by atoms with Crippen molar-refractivity contribution in [3.05, 3.63) is 77.2 Å². The quantitative estimate of drug-likeness (QED) is 0.535. The normalized spacial score (nSPS) is 11.4. The molecule has 0 aliphatic carbocycles. The number of benzene rings is 2. The van der Waals surface area contributed by atoms with Crippen LogP contribution in [0.3, 0.4) is 0 Å². The van der Waals surface area contributed by atoms with E-state index in [1.54, 1.807) is 6.07 Å². The average Bonchev–Trinajstić information content (AvgIpc) is 3.18. The Morgan fingerprint density at radius 1 is 1.17 bits per heavy atom. The lowest BCUT2D eigenvalue weighted by molar-refractivity contribution is -0.137. The number of nitrogens with zero attached hydrogens (tertiary/aromatic N) is 3. The molecule has 0 bridgehead atoms. The highest BCUT2D eigenvalue weighted by atomic mass is 19.4. The van der Waals surface area contributed by atoms with Gasteiger partial charge in [-0.3, -0.25) is 4.79 Å². The second-order valence-corrected chi connectivity index (χ2v) is 6.38. The van der Waals surface area contributed by atoms with Crippen LogP contribution in [0.25, 0.3) is 0 Å². The van der Waals surface area contributed by atoms with E-state index in [0.29, 0.717) is 0 Å². The number of hydrogen-bond acceptors (Lipinski definition) is 5. The molecule has 0 saturated heterocycles. The number of ether oxygens (including phenoxy) is 1. The summed E-state index contributed by atoms with van der Waals surface area (Å²) in [7, 11) is 1.52. The van der Waals surface area contributed by atoms with E-state index >= 15 is 0 Å². The van der Waals surface area contributed by atoms with Gasteiger partial charge in [0.05, 0.1) is 11.1 Å². The maximum Gasteiger partial charge on any atom is 0.416 e. The Balaban J connectivity index is 1.53. The highest BCUT2D eigenvalue weighted by Gasteiger charge is 2.30. The number of likely N-dealkylation sites (N-methyl/N-ethyl adjacent to an activating group) is 1. The predicted molar refractivity (Wildman–Crippen MR) is 97.1 cm³/mol. The first-order valence-electron chi connectivity index (χ1n) is 8.85. The third-order valence-electron chi connectivity index (χ3n) is 4.16. The summed E-state index contributed by atoms with van der Waals surface area (Å²) in [6.45, 7) is -0.00106. The fraction of sp³-hybridized carbons (Fsp3) is 0.250. The molecule has 30 heavy (non-hydrogen) atoms. The van der Waals surface area contributed by atoms with Gasteiger partial charge in [-0.05, 0) is 30.3 Å². The minimum atomic E-state index is -4.47. The number of amides is 1. The zero-order valence-electron chi connectivity index (χ0n) is 15.8. The lowest BCUT2D eigenvalue weighted by Crippen LogP contribution is -2.29. The molecule has 0 saturated carbocycles. The standard InChI is InChI=1S/C20H17F4N3O3/c1-27(19(28)15-7-2-3-8-16(15)21)10-9-17-25-18(30-26-17)12-29-14-6-4-5-13(11-14)20(22,23)24/h2-8,11H,9-10,12H2,1H3. The van der Waals surface area contributed by atoms with E-state index in [-0.39, 0.29) is 42.6 Å². The maximum absolute atomic E-state index is 13.7. The van der Waals surface area contributed by atoms with E-state index < -0.39 is 23.5 Å². The van der Waals surface area contributed by atoms with Gasteiger partial charge in [-0.25, -0.2) is 4.39 Å². The van der Waals surface area contributed by atoms with Crippen molar-refractivity contribution >= 4 is 5.91 Å². The molecule has 1 aromatic heterocycles. The van der Waals surface area contributed by atoms with Crippen LogP contribution in [0.1, 0.15) is 27.6 Å². The van der Waals surface area contributed by atoms with E-state index in [0.717, 1.165) is 12.1 Å². The SMILES string of the molecule is CN(CCc1noc(COc2cccc(C(F)(F)F)c2)n1)C(=O)c1ccccc1F. The van der Waals surface area contributed by atoms with Crippen molar-refractivity contribution in [2.24, 2.45) is 0 Å². The molecule has 0 atom stereocenters. The van der Waals surface area contributed by atoms with Crippen molar-refractivity contribution < 1.29 is 31.6 Å². The number of halogens is 4. The molecule has 0 spiro atoms. The summed E-state index contributed by atoms with van der Waals surface area (Å²) < 4.78 is 62.2. The molecule has 1 heterocycles. The molecular formula is C20H17F4N3O3. The van der Waals surface area contributed by atoms with Crippen LogP contribution in [-0.4, -0.2) is 34.5 Å². The molecule has 0 aliphatic rings. The Bertz CT molecular complexity index is 1020. The summed E-state index contributed by atoms with van der Waals surface area (Å²) >= 11 is 0. The molecule has 0 N–H and O–H groups in total. The fourth-order valence-electron chi connectivity index (χ4n) is 2.57. The highest BCUT2D eigenvalue weighted by molar-refractivity contribution is 5.94. The summed E-state index contributed by atoms with van der Waals surface area (Å²) in [6, 6.07) is 10.1. The van der Waals surface area contributed by atoms with Crippen molar-refractivity contribution in [1.82, 2.24) is 15.0 Å². The monoisotopic (exact) mass is 423 g/mol. The van der Waals surface area contributed by atoms with Crippen LogP contribution in [-0.2, 0) is 19.2 Å². The van der Waals surface area contributed by atoms with Crippen molar-refractivity contribution in [2.75, 3.05) is 13.6 Å². The molecule has 0 radical (unpaired) electrons. The zero-order chi connectivity index (χ0) is 21.7. The first-order chi connectivity index (χ1) is 14.2. The maximum atomic E-state index is 13.7.